The van der Waals surface area contributed by atoms with Crippen LogP contribution in [-0.4, -0.2) is 78.3 Å². The third-order valence-electron chi connectivity index (χ3n) is 3.79. The van der Waals surface area contributed by atoms with E-state index in [1.165, 1.54) is 43.8 Å². The summed E-state index contributed by atoms with van der Waals surface area (Å²) >= 11 is 0. The van der Waals surface area contributed by atoms with Crippen molar-refractivity contribution in [1.82, 2.24) is 14.7 Å². The number of carbonyl (C=O) groups is 1. The Morgan fingerprint density at radius 3 is 1.94 bits per heavy atom. The van der Waals surface area contributed by atoms with Gasteiger partial charge < -0.3 is 14.9 Å². The van der Waals surface area contributed by atoms with Crippen molar-refractivity contribution in [2.75, 3.05) is 52.4 Å². The summed E-state index contributed by atoms with van der Waals surface area (Å²) in [6, 6.07) is 0. The molecule has 0 spiro atoms. The first kappa shape index (κ1) is 12.6. The molecule has 2 saturated heterocycles. The molecule has 0 aromatic rings. The largest absolute Gasteiger partial charge is 0.465 e. The molecule has 0 aliphatic carbocycles. The Morgan fingerprint density at radius 1 is 0.882 bits per heavy atom. The van der Waals surface area contributed by atoms with Crippen molar-refractivity contribution in [1.29, 1.82) is 0 Å². The summed E-state index contributed by atoms with van der Waals surface area (Å²) in [6.07, 6.45) is 3.16. The summed E-state index contributed by atoms with van der Waals surface area (Å²) in [5, 5.41) is 8.84. The van der Waals surface area contributed by atoms with Gasteiger partial charge >= 0.3 is 6.09 Å². The number of rotatable bonds is 4. The van der Waals surface area contributed by atoms with Gasteiger partial charge in [-0.15, -0.1) is 0 Å². The molecule has 2 aliphatic rings. The first-order valence-electron chi connectivity index (χ1n) is 6.68. The van der Waals surface area contributed by atoms with Gasteiger partial charge in [-0.25, -0.2) is 4.79 Å². The predicted octanol–water partition coefficient (Wildman–Crippen LogP) is 0.768. The van der Waals surface area contributed by atoms with Crippen molar-refractivity contribution in [3.8, 4) is 0 Å². The second kappa shape index (κ2) is 6.21. The van der Waals surface area contributed by atoms with E-state index in [2.05, 4.69) is 9.80 Å². The first-order valence-corrected chi connectivity index (χ1v) is 6.68. The second-order valence-corrected chi connectivity index (χ2v) is 5.01. The molecule has 2 aliphatic heterocycles. The minimum atomic E-state index is -0.776. The zero-order valence-electron chi connectivity index (χ0n) is 10.5. The molecule has 5 heteroatoms. The van der Waals surface area contributed by atoms with Crippen molar-refractivity contribution in [3.63, 3.8) is 0 Å². The number of hydrogen-bond acceptors (Lipinski definition) is 3. The molecule has 0 saturated carbocycles. The van der Waals surface area contributed by atoms with E-state index < -0.39 is 6.09 Å². The van der Waals surface area contributed by atoms with E-state index in [-0.39, 0.29) is 0 Å². The Bertz CT molecular complexity index is 246. The number of amides is 1. The molecule has 0 atom stereocenters. The van der Waals surface area contributed by atoms with E-state index in [1.54, 1.807) is 0 Å². The van der Waals surface area contributed by atoms with Crippen LogP contribution in [0, 0.1) is 0 Å². The topological polar surface area (TPSA) is 47.0 Å². The number of piperazine rings is 1. The zero-order valence-corrected chi connectivity index (χ0v) is 10.5. The van der Waals surface area contributed by atoms with Crippen LogP contribution in [0.4, 0.5) is 4.79 Å². The molecule has 0 bridgehead atoms. The van der Waals surface area contributed by atoms with Crippen LogP contribution in [0.5, 0.6) is 0 Å². The molecule has 98 valence electrons. The highest BCUT2D eigenvalue weighted by molar-refractivity contribution is 5.65. The van der Waals surface area contributed by atoms with Crippen LogP contribution in [0.2, 0.25) is 0 Å². The van der Waals surface area contributed by atoms with Crippen molar-refractivity contribution >= 4 is 6.09 Å². The highest BCUT2D eigenvalue weighted by atomic mass is 16.4. The summed E-state index contributed by atoms with van der Waals surface area (Å²) in [5.41, 5.74) is 0. The third kappa shape index (κ3) is 3.85. The van der Waals surface area contributed by atoms with Gasteiger partial charge in [-0.05, 0) is 45.4 Å². The summed E-state index contributed by atoms with van der Waals surface area (Å²) in [7, 11) is 0. The van der Waals surface area contributed by atoms with Gasteiger partial charge in [0.15, 0.2) is 0 Å². The van der Waals surface area contributed by atoms with E-state index in [0.717, 1.165) is 19.6 Å². The molecule has 5 nitrogen and oxygen atoms in total. The van der Waals surface area contributed by atoms with Gasteiger partial charge in [-0.1, -0.05) is 0 Å². The van der Waals surface area contributed by atoms with Gasteiger partial charge in [0.2, 0.25) is 0 Å². The van der Waals surface area contributed by atoms with E-state index >= 15 is 0 Å². The monoisotopic (exact) mass is 241 g/mol. The molecule has 0 radical (unpaired) electrons. The SMILES string of the molecule is O=C(O)N1CCN(CCCN2CCCC2)CC1. The maximum atomic E-state index is 10.7. The maximum absolute atomic E-state index is 10.7. The first-order chi connectivity index (χ1) is 8.25. The van der Waals surface area contributed by atoms with Crippen LogP contribution in [0.15, 0.2) is 0 Å². The van der Waals surface area contributed by atoms with Crippen molar-refractivity contribution in [2.45, 2.75) is 19.3 Å². The van der Waals surface area contributed by atoms with Crippen molar-refractivity contribution < 1.29 is 9.90 Å². The van der Waals surface area contributed by atoms with Gasteiger partial charge in [0.1, 0.15) is 0 Å². The van der Waals surface area contributed by atoms with E-state index in [4.69, 9.17) is 5.11 Å². The summed E-state index contributed by atoms with van der Waals surface area (Å²) in [4.78, 5) is 17.2. The fourth-order valence-electron chi connectivity index (χ4n) is 2.69. The van der Waals surface area contributed by atoms with Crippen molar-refractivity contribution in [3.05, 3.63) is 0 Å². The van der Waals surface area contributed by atoms with Crippen LogP contribution in [0.3, 0.4) is 0 Å². The Balaban J connectivity index is 1.56. The molecule has 2 fully saturated rings. The number of hydrogen-bond donors (Lipinski definition) is 1. The second-order valence-electron chi connectivity index (χ2n) is 5.01. The number of carboxylic acid groups (broad SMARTS) is 1. The lowest BCUT2D eigenvalue weighted by Gasteiger charge is -2.33. The molecule has 2 rings (SSSR count). The van der Waals surface area contributed by atoms with E-state index in [0.29, 0.717) is 13.1 Å². The average molecular weight is 241 g/mol. The standard InChI is InChI=1S/C12H23N3O2/c16-12(17)15-10-8-14(9-11-15)7-3-6-13-4-1-2-5-13/h1-11H2,(H,16,17). The maximum Gasteiger partial charge on any atom is 0.407 e. The van der Waals surface area contributed by atoms with Gasteiger partial charge in [-0.3, -0.25) is 4.90 Å². The van der Waals surface area contributed by atoms with Crippen LogP contribution >= 0.6 is 0 Å². The quantitative estimate of drug-likeness (QED) is 0.789. The van der Waals surface area contributed by atoms with Gasteiger partial charge in [0.25, 0.3) is 0 Å². The van der Waals surface area contributed by atoms with Gasteiger partial charge in [0.05, 0.1) is 0 Å². The lowest BCUT2D eigenvalue weighted by molar-refractivity contribution is 0.104. The fraction of sp³-hybridized carbons (Fsp3) is 0.917. The minimum absolute atomic E-state index is 0.666. The van der Waals surface area contributed by atoms with E-state index in [9.17, 15) is 4.79 Å². The fourth-order valence-corrected chi connectivity index (χ4v) is 2.69. The molecule has 2 heterocycles. The lowest BCUT2D eigenvalue weighted by Crippen LogP contribution is -2.48. The molecule has 1 N–H and O–H groups in total. The number of likely N-dealkylation sites (tertiary alicyclic amines) is 1. The molecule has 17 heavy (non-hydrogen) atoms. The van der Waals surface area contributed by atoms with Crippen LogP contribution in [-0.2, 0) is 0 Å². The Labute approximate surface area is 103 Å². The van der Waals surface area contributed by atoms with Crippen molar-refractivity contribution in [2.24, 2.45) is 0 Å². The number of nitrogens with zero attached hydrogens (tertiary/aromatic N) is 3. The average Bonchev–Trinajstić information content (AvgIpc) is 2.83. The minimum Gasteiger partial charge on any atom is -0.465 e. The molecule has 0 unspecified atom stereocenters. The van der Waals surface area contributed by atoms with Gasteiger partial charge in [0, 0.05) is 26.2 Å². The zero-order chi connectivity index (χ0) is 12.1. The molecular formula is C12H23N3O2. The highest BCUT2D eigenvalue weighted by Crippen LogP contribution is 2.08. The van der Waals surface area contributed by atoms with Gasteiger partial charge in [-0.2, -0.15) is 0 Å². The summed E-state index contributed by atoms with van der Waals surface area (Å²) in [6.45, 7) is 7.99. The normalized spacial score (nSPS) is 23.2. The predicted molar refractivity (Wildman–Crippen MR) is 66.3 cm³/mol. The third-order valence-corrected chi connectivity index (χ3v) is 3.79. The molecule has 1 amide bonds. The van der Waals surface area contributed by atoms with Crippen LogP contribution < -0.4 is 0 Å². The molecular weight excluding hydrogens is 218 g/mol. The highest BCUT2D eigenvalue weighted by Gasteiger charge is 2.20. The summed E-state index contributed by atoms with van der Waals surface area (Å²) in [5.74, 6) is 0. The lowest BCUT2D eigenvalue weighted by atomic mass is 10.3. The Hall–Kier alpha value is -0.810. The smallest absolute Gasteiger partial charge is 0.407 e. The summed E-state index contributed by atoms with van der Waals surface area (Å²) < 4.78 is 0. The van der Waals surface area contributed by atoms with E-state index in [1.807, 2.05) is 0 Å². The van der Waals surface area contributed by atoms with Crippen LogP contribution in [0.1, 0.15) is 19.3 Å². The Morgan fingerprint density at radius 2 is 1.41 bits per heavy atom. The Kier molecular flexibility index (Phi) is 4.62. The molecule has 0 aromatic heterocycles. The van der Waals surface area contributed by atoms with Crippen LogP contribution in [0.25, 0.3) is 0 Å². The molecule has 0 aromatic carbocycles.